The lowest BCUT2D eigenvalue weighted by atomic mass is 9.48. The van der Waals surface area contributed by atoms with Gasteiger partial charge < -0.3 is 9.84 Å². The first-order valence-electron chi connectivity index (χ1n) is 10.0. The molecule has 0 spiro atoms. The Morgan fingerprint density at radius 2 is 1.72 bits per heavy atom. The van der Waals surface area contributed by atoms with Gasteiger partial charge in [0.15, 0.2) is 6.10 Å². The number of hydrogen-bond acceptors (Lipinski definition) is 6. The number of ketones is 1. The van der Waals surface area contributed by atoms with Gasteiger partial charge in [-0.1, -0.05) is 0 Å². The molecule has 4 saturated carbocycles. The van der Waals surface area contributed by atoms with Crippen molar-refractivity contribution in [2.75, 3.05) is 11.0 Å². The fourth-order valence-corrected chi connectivity index (χ4v) is 6.51. The molecular weight excluding hydrogens is 394 g/mol. The number of sulfonamides is 1. The lowest BCUT2D eigenvalue weighted by molar-refractivity contribution is -0.197. The molecule has 0 aliphatic heterocycles. The molecule has 4 fully saturated rings. The van der Waals surface area contributed by atoms with Gasteiger partial charge in [0.1, 0.15) is 0 Å². The highest BCUT2D eigenvalue weighted by molar-refractivity contribution is 7.92. The van der Waals surface area contributed by atoms with Crippen LogP contribution in [0.4, 0.5) is 5.69 Å². The smallest absolute Gasteiger partial charge is 0.312 e. The van der Waals surface area contributed by atoms with Crippen molar-refractivity contribution in [2.24, 2.45) is 17.3 Å². The van der Waals surface area contributed by atoms with Crippen LogP contribution >= 0.6 is 0 Å². The van der Waals surface area contributed by atoms with Gasteiger partial charge in [-0.3, -0.25) is 14.3 Å². The molecule has 1 aromatic carbocycles. The number of Topliss-reactive ketones (excluding diaryl/α,β-unsaturated/α-hetero) is 1. The fourth-order valence-electron chi connectivity index (χ4n) is 5.94. The molecule has 5 rings (SSSR count). The number of anilines is 1. The van der Waals surface area contributed by atoms with Crippen LogP contribution in [0, 0.1) is 17.3 Å². The molecule has 2 unspecified atom stereocenters. The van der Waals surface area contributed by atoms with Crippen molar-refractivity contribution in [2.45, 2.75) is 57.2 Å². The average Bonchev–Trinajstić information content (AvgIpc) is 2.58. The summed E-state index contributed by atoms with van der Waals surface area (Å²) in [5, 5.41) is 10.8. The van der Waals surface area contributed by atoms with Crippen molar-refractivity contribution in [3.8, 4) is 0 Å². The minimum absolute atomic E-state index is 0.340. The van der Waals surface area contributed by atoms with Crippen molar-refractivity contribution >= 4 is 27.5 Å². The zero-order valence-corrected chi connectivity index (χ0v) is 17.5. The molecule has 158 valence electrons. The van der Waals surface area contributed by atoms with Gasteiger partial charge in [0, 0.05) is 11.3 Å². The van der Waals surface area contributed by atoms with Crippen LogP contribution in [0.3, 0.4) is 0 Å². The Kier molecular flexibility index (Phi) is 4.77. The zero-order valence-electron chi connectivity index (χ0n) is 16.7. The first kappa shape index (κ1) is 20.3. The normalized spacial score (nSPS) is 33.9. The van der Waals surface area contributed by atoms with Crippen LogP contribution in [0.2, 0.25) is 0 Å². The van der Waals surface area contributed by atoms with E-state index in [1.54, 1.807) is 6.92 Å². The third-order valence-corrected chi connectivity index (χ3v) is 7.20. The topological polar surface area (TPSA) is 110 Å². The van der Waals surface area contributed by atoms with Crippen molar-refractivity contribution in [3.05, 3.63) is 29.8 Å². The van der Waals surface area contributed by atoms with Crippen molar-refractivity contribution in [1.29, 1.82) is 0 Å². The lowest BCUT2D eigenvalue weighted by Gasteiger charge is -2.58. The summed E-state index contributed by atoms with van der Waals surface area (Å²) in [6.07, 6.45) is 4.60. The molecule has 1 aromatic rings. The summed E-state index contributed by atoms with van der Waals surface area (Å²) in [5.74, 6) is -0.00155. The van der Waals surface area contributed by atoms with Gasteiger partial charge in [0.2, 0.25) is 15.8 Å². The van der Waals surface area contributed by atoms with E-state index < -0.39 is 27.1 Å². The highest BCUT2D eigenvalue weighted by atomic mass is 32.2. The Labute approximate surface area is 170 Å². The monoisotopic (exact) mass is 421 g/mol. The average molecular weight is 422 g/mol. The summed E-state index contributed by atoms with van der Waals surface area (Å²) in [7, 11) is -3.39. The van der Waals surface area contributed by atoms with E-state index in [1.807, 2.05) is 0 Å². The van der Waals surface area contributed by atoms with E-state index in [0.717, 1.165) is 38.4 Å². The quantitative estimate of drug-likeness (QED) is 0.539. The Morgan fingerprint density at radius 1 is 1.14 bits per heavy atom. The molecule has 0 aromatic heterocycles. The second-order valence-electron chi connectivity index (χ2n) is 9.33. The van der Waals surface area contributed by atoms with Crippen LogP contribution in [-0.2, 0) is 19.6 Å². The van der Waals surface area contributed by atoms with E-state index in [-0.39, 0.29) is 11.8 Å². The van der Waals surface area contributed by atoms with Crippen LogP contribution in [0.1, 0.15) is 55.8 Å². The summed E-state index contributed by atoms with van der Waals surface area (Å²) in [6.45, 7) is 1.55. The maximum Gasteiger partial charge on any atom is 0.312 e. The van der Waals surface area contributed by atoms with Crippen molar-refractivity contribution < 1.29 is 27.9 Å². The molecule has 29 heavy (non-hydrogen) atoms. The summed E-state index contributed by atoms with van der Waals surface area (Å²) in [6, 6.07) is 6.01. The number of rotatable bonds is 6. The predicted molar refractivity (Wildman–Crippen MR) is 107 cm³/mol. The molecular formula is C21H27NO6S. The van der Waals surface area contributed by atoms with Crippen molar-refractivity contribution in [3.63, 3.8) is 0 Å². The molecule has 4 bridgehead atoms. The molecule has 4 aliphatic rings. The Bertz CT molecular complexity index is 924. The molecule has 5 atom stereocenters. The second kappa shape index (κ2) is 6.80. The lowest BCUT2D eigenvalue weighted by Crippen LogP contribution is -2.58. The van der Waals surface area contributed by atoms with E-state index in [1.165, 1.54) is 24.3 Å². The number of ether oxygens (including phenoxy) is 1. The van der Waals surface area contributed by atoms with E-state index in [4.69, 9.17) is 4.74 Å². The maximum atomic E-state index is 13.0. The third-order valence-electron chi connectivity index (χ3n) is 6.59. The standard InChI is InChI=1S/C21H27NO6S/c1-13(18(23)16-3-5-17(6-4-16)22-29(2,26)27)28-19(24)20-8-14-7-15(9-20)11-21(25,10-14)12-20/h3-6,13-15,22,25H,7-12H2,1-2H3/t13-,14-,15+,20?,21?/m0/s1. The zero-order chi connectivity index (χ0) is 21.0. The number of hydrogen-bond donors (Lipinski definition) is 2. The molecule has 7 nitrogen and oxygen atoms in total. The van der Waals surface area contributed by atoms with Gasteiger partial charge in [-0.2, -0.15) is 0 Å². The van der Waals surface area contributed by atoms with E-state index >= 15 is 0 Å². The number of nitrogens with one attached hydrogen (secondary N) is 1. The SMILES string of the molecule is C[C@H](OC(=O)C12C[C@@H]3C[C@@H](CC(O)(C3)C1)C2)C(=O)c1ccc(NS(C)(=O)=O)cc1. The molecule has 0 radical (unpaired) electrons. The van der Waals surface area contributed by atoms with Crippen LogP contribution in [0.5, 0.6) is 0 Å². The number of aliphatic hydroxyl groups is 1. The van der Waals surface area contributed by atoms with E-state index in [0.29, 0.717) is 29.5 Å². The van der Waals surface area contributed by atoms with E-state index in [2.05, 4.69) is 4.72 Å². The van der Waals surface area contributed by atoms with Gasteiger partial charge in [-0.15, -0.1) is 0 Å². The first-order valence-corrected chi connectivity index (χ1v) is 11.9. The predicted octanol–water partition coefficient (Wildman–Crippen LogP) is 2.50. The van der Waals surface area contributed by atoms with Crippen molar-refractivity contribution in [1.82, 2.24) is 0 Å². The third kappa shape index (κ3) is 4.05. The summed E-state index contributed by atoms with van der Waals surface area (Å²) in [5.41, 5.74) is -0.737. The summed E-state index contributed by atoms with van der Waals surface area (Å²) in [4.78, 5) is 25.7. The number of benzene rings is 1. The molecule has 0 saturated heterocycles. The number of esters is 1. The van der Waals surface area contributed by atoms with E-state index in [9.17, 15) is 23.1 Å². The second-order valence-corrected chi connectivity index (χ2v) is 11.1. The highest BCUT2D eigenvalue weighted by Crippen LogP contribution is 2.62. The minimum atomic E-state index is -3.39. The first-order chi connectivity index (χ1) is 13.5. The fraction of sp³-hybridized carbons (Fsp3) is 0.619. The van der Waals surface area contributed by atoms with Gasteiger partial charge >= 0.3 is 5.97 Å². The Balaban J connectivity index is 1.43. The minimum Gasteiger partial charge on any atom is -0.454 e. The maximum absolute atomic E-state index is 13.0. The van der Waals surface area contributed by atoms with Crippen LogP contribution in [0.15, 0.2) is 24.3 Å². The number of carbonyl (C=O) groups excluding carboxylic acids is 2. The van der Waals surface area contributed by atoms with Gasteiger partial charge in [0.05, 0.1) is 17.3 Å². The largest absolute Gasteiger partial charge is 0.454 e. The molecule has 2 N–H and O–H groups in total. The summed E-state index contributed by atoms with van der Waals surface area (Å²) < 4.78 is 30.5. The van der Waals surface area contributed by atoms with Gasteiger partial charge in [-0.05, 0) is 81.5 Å². The Hall–Kier alpha value is -1.93. The van der Waals surface area contributed by atoms with Crippen LogP contribution < -0.4 is 4.72 Å². The van der Waals surface area contributed by atoms with Gasteiger partial charge in [0.25, 0.3) is 0 Å². The molecule has 8 heteroatoms. The van der Waals surface area contributed by atoms with Gasteiger partial charge in [-0.25, -0.2) is 8.42 Å². The molecule has 4 aliphatic carbocycles. The highest BCUT2D eigenvalue weighted by Gasteiger charge is 2.61. The molecule has 0 heterocycles. The van der Waals surface area contributed by atoms with Crippen LogP contribution in [-0.4, -0.2) is 43.2 Å². The number of carbonyl (C=O) groups is 2. The van der Waals surface area contributed by atoms with Crippen LogP contribution in [0.25, 0.3) is 0 Å². The summed E-state index contributed by atoms with van der Waals surface area (Å²) >= 11 is 0. The molecule has 0 amide bonds. The Morgan fingerprint density at radius 3 is 2.24 bits per heavy atom.